The molecule has 6 nitrogen and oxygen atoms in total. The number of hydrogen-bond donors (Lipinski definition) is 1. The maximum Gasteiger partial charge on any atom is 0.358 e. The first-order valence-electron chi connectivity index (χ1n) is 6.68. The fourth-order valence-electron chi connectivity index (χ4n) is 3.10. The Hall–Kier alpha value is -1.63. The van der Waals surface area contributed by atoms with E-state index in [1.54, 1.807) is 6.07 Å². The minimum Gasteiger partial charge on any atom is -0.481 e. The highest BCUT2D eigenvalue weighted by Crippen LogP contribution is 2.49. The highest BCUT2D eigenvalue weighted by atomic mass is 79.9. The number of aromatic nitrogens is 1. The molecule has 3 rings (SSSR count). The first-order valence-corrected chi connectivity index (χ1v) is 7.47. The van der Waals surface area contributed by atoms with Crippen LogP contribution in [0.2, 0.25) is 0 Å². The van der Waals surface area contributed by atoms with Crippen LogP contribution in [0.3, 0.4) is 0 Å². The Balaban J connectivity index is 1.97. The molecule has 0 aromatic carbocycles. The van der Waals surface area contributed by atoms with Crippen molar-refractivity contribution < 1.29 is 24.2 Å². The van der Waals surface area contributed by atoms with Crippen LogP contribution in [0.4, 0.5) is 0 Å². The fraction of sp³-hybridized carbons (Fsp3) is 0.500. The predicted octanol–water partition coefficient (Wildman–Crippen LogP) is 2.49. The molecule has 7 heteroatoms. The topological polar surface area (TPSA) is 85.7 Å². The number of fused-ring (bicyclic) bond motifs is 2. The average Bonchev–Trinajstić information content (AvgIpc) is 2.71. The van der Waals surface area contributed by atoms with Crippen LogP contribution in [0.25, 0.3) is 0 Å². The van der Waals surface area contributed by atoms with Gasteiger partial charge in [0.25, 0.3) is 0 Å². The van der Waals surface area contributed by atoms with Gasteiger partial charge >= 0.3 is 11.9 Å². The maximum absolute atomic E-state index is 12.1. The van der Waals surface area contributed by atoms with Crippen LogP contribution >= 0.6 is 15.9 Å². The van der Waals surface area contributed by atoms with Gasteiger partial charge in [-0.05, 0) is 47.7 Å². The fourth-order valence-corrected chi connectivity index (χ4v) is 3.58. The number of ether oxygens (including phenoxy) is 2. The lowest BCUT2D eigenvalue weighted by molar-refractivity contribution is -0.144. The van der Waals surface area contributed by atoms with Gasteiger partial charge in [-0.1, -0.05) is 0 Å². The summed E-state index contributed by atoms with van der Waals surface area (Å²) in [4.78, 5) is 27.3. The molecular formula is C14H14BrNO5. The van der Waals surface area contributed by atoms with Crippen LogP contribution in [0.15, 0.2) is 10.5 Å². The molecule has 0 bridgehead atoms. The Labute approximate surface area is 129 Å². The normalized spacial score (nSPS) is 27.3. The van der Waals surface area contributed by atoms with Crippen molar-refractivity contribution in [3.05, 3.63) is 21.8 Å². The van der Waals surface area contributed by atoms with Crippen LogP contribution in [0.5, 0.6) is 5.88 Å². The molecule has 1 aromatic rings. The first-order chi connectivity index (χ1) is 9.97. The first kappa shape index (κ1) is 14.3. The zero-order valence-electron chi connectivity index (χ0n) is 11.4. The summed E-state index contributed by atoms with van der Waals surface area (Å²) < 4.78 is 11.3. The maximum atomic E-state index is 12.1. The lowest BCUT2D eigenvalue weighted by atomic mass is 9.75. The number of nitrogens with zero attached hydrogens (tertiary/aromatic N) is 1. The average molecular weight is 356 g/mol. The molecule has 1 fully saturated rings. The molecular weight excluding hydrogens is 342 g/mol. The third kappa shape index (κ3) is 2.19. The molecule has 2 aliphatic rings. The summed E-state index contributed by atoms with van der Waals surface area (Å²) >= 11 is 3.37. The van der Waals surface area contributed by atoms with Crippen molar-refractivity contribution >= 4 is 27.9 Å². The Morgan fingerprint density at radius 3 is 2.76 bits per heavy atom. The van der Waals surface area contributed by atoms with Gasteiger partial charge in [-0.3, -0.25) is 4.79 Å². The molecule has 1 saturated carbocycles. The van der Waals surface area contributed by atoms with Crippen LogP contribution in [-0.2, 0) is 15.1 Å². The molecule has 1 aromatic heterocycles. The van der Waals surface area contributed by atoms with Crippen LogP contribution in [-0.4, -0.2) is 29.1 Å². The Morgan fingerprint density at radius 1 is 1.52 bits per heavy atom. The quantitative estimate of drug-likeness (QED) is 0.820. The molecule has 1 N–H and O–H groups in total. The van der Waals surface area contributed by atoms with E-state index < -0.39 is 17.5 Å². The molecule has 112 valence electrons. The third-order valence-corrected chi connectivity index (χ3v) is 4.82. The van der Waals surface area contributed by atoms with Crippen molar-refractivity contribution in [2.45, 2.75) is 31.3 Å². The van der Waals surface area contributed by atoms with Crippen LogP contribution < -0.4 is 4.74 Å². The number of aliphatic carboxylic acids is 1. The second-order valence-electron chi connectivity index (χ2n) is 5.37. The number of halogens is 1. The second kappa shape index (κ2) is 4.98. The summed E-state index contributed by atoms with van der Waals surface area (Å²) in [6, 6.07) is 1.80. The second-order valence-corrected chi connectivity index (χ2v) is 6.23. The Morgan fingerprint density at radius 2 is 2.19 bits per heavy atom. The van der Waals surface area contributed by atoms with Gasteiger partial charge in [0.05, 0.1) is 17.5 Å². The summed E-state index contributed by atoms with van der Waals surface area (Å²) in [7, 11) is 1.48. The van der Waals surface area contributed by atoms with E-state index in [0.29, 0.717) is 36.0 Å². The number of carbonyl (C=O) groups excluding carboxylic acids is 1. The SMILES string of the molecule is COc1nc2c(cc1Br)[C@]1(CC[C@@H](C(=O)O)CC1)OC2=O. The Bertz CT molecular complexity index is 622. The lowest BCUT2D eigenvalue weighted by Crippen LogP contribution is -2.34. The Kier molecular flexibility index (Phi) is 3.39. The van der Waals surface area contributed by atoms with Gasteiger partial charge in [0.1, 0.15) is 5.60 Å². The summed E-state index contributed by atoms with van der Waals surface area (Å²) in [6.07, 6.45) is 1.99. The predicted molar refractivity (Wildman–Crippen MR) is 75.2 cm³/mol. The minimum atomic E-state index is -0.788. The zero-order chi connectivity index (χ0) is 15.2. The van der Waals surface area contributed by atoms with Gasteiger partial charge in [-0.2, -0.15) is 0 Å². The molecule has 1 spiro atoms. The summed E-state index contributed by atoms with van der Waals surface area (Å²) in [6.45, 7) is 0. The van der Waals surface area contributed by atoms with Crippen molar-refractivity contribution in [3.63, 3.8) is 0 Å². The molecule has 0 atom stereocenters. The van der Waals surface area contributed by atoms with Gasteiger partial charge in [-0.15, -0.1) is 0 Å². The van der Waals surface area contributed by atoms with E-state index in [1.165, 1.54) is 7.11 Å². The minimum absolute atomic E-state index is 0.267. The van der Waals surface area contributed by atoms with E-state index in [2.05, 4.69) is 20.9 Å². The molecule has 0 amide bonds. The third-order valence-electron chi connectivity index (χ3n) is 4.25. The van der Waals surface area contributed by atoms with Crippen molar-refractivity contribution in [2.75, 3.05) is 7.11 Å². The monoisotopic (exact) mass is 355 g/mol. The molecule has 1 aliphatic heterocycles. The number of carboxylic acids is 1. The lowest BCUT2D eigenvalue weighted by Gasteiger charge is -2.35. The highest BCUT2D eigenvalue weighted by Gasteiger charge is 2.49. The standard InChI is InChI=1S/C14H14BrNO5/c1-20-11-9(15)6-8-10(16-11)13(19)21-14(8)4-2-7(3-5-14)12(17)18/h6-7H,2-5H2,1H3,(H,17,18)/t7-,14-. The molecule has 2 heterocycles. The molecule has 21 heavy (non-hydrogen) atoms. The van der Waals surface area contributed by atoms with E-state index in [0.717, 1.165) is 5.56 Å². The number of pyridine rings is 1. The number of carboxylic acid groups (broad SMARTS) is 1. The summed E-state index contributed by atoms with van der Waals surface area (Å²) in [5.41, 5.74) is 0.257. The van der Waals surface area contributed by atoms with Gasteiger partial charge < -0.3 is 14.6 Å². The molecule has 0 saturated heterocycles. The van der Waals surface area contributed by atoms with Crippen molar-refractivity contribution in [3.8, 4) is 5.88 Å². The number of rotatable bonds is 2. The smallest absolute Gasteiger partial charge is 0.358 e. The van der Waals surface area contributed by atoms with Crippen LogP contribution in [0.1, 0.15) is 41.7 Å². The van der Waals surface area contributed by atoms with E-state index in [1.807, 2.05) is 0 Å². The van der Waals surface area contributed by atoms with E-state index in [4.69, 9.17) is 14.6 Å². The van der Waals surface area contributed by atoms with E-state index >= 15 is 0 Å². The molecule has 1 aliphatic carbocycles. The van der Waals surface area contributed by atoms with Gasteiger partial charge in [0, 0.05) is 5.56 Å². The molecule has 0 radical (unpaired) electrons. The van der Waals surface area contributed by atoms with Crippen molar-refractivity contribution in [1.29, 1.82) is 0 Å². The van der Waals surface area contributed by atoms with Crippen molar-refractivity contribution in [2.24, 2.45) is 5.92 Å². The van der Waals surface area contributed by atoms with Crippen molar-refractivity contribution in [1.82, 2.24) is 4.98 Å². The number of carbonyl (C=O) groups is 2. The number of hydrogen-bond acceptors (Lipinski definition) is 5. The van der Waals surface area contributed by atoms with E-state index in [-0.39, 0.29) is 11.6 Å². The summed E-state index contributed by atoms with van der Waals surface area (Å²) in [5.74, 6) is -1.29. The molecule has 0 unspecified atom stereocenters. The van der Waals surface area contributed by atoms with Gasteiger partial charge in [-0.25, -0.2) is 9.78 Å². The van der Waals surface area contributed by atoms with E-state index in [9.17, 15) is 9.59 Å². The number of esters is 1. The zero-order valence-corrected chi connectivity index (χ0v) is 13.0. The summed E-state index contributed by atoms with van der Waals surface area (Å²) in [5, 5.41) is 9.09. The van der Waals surface area contributed by atoms with Crippen LogP contribution in [0, 0.1) is 5.92 Å². The largest absolute Gasteiger partial charge is 0.481 e. The van der Waals surface area contributed by atoms with Gasteiger partial charge in [0.2, 0.25) is 5.88 Å². The number of methoxy groups -OCH3 is 1. The van der Waals surface area contributed by atoms with Gasteiger partial charge in [0.15, 0.2) is 5.69 Å². The highest BCUT2D eigenvalue weighted by molar-refractivity contribution is 9.10.